The predicted molar refractivity (Wildman–Crippen MR) is 67.1 cm³/mol. The van der Waals surface area contributed by atoms with Crippen LogP contribution >= 0.6 is 0 Å². The molecule has 1 aliphatic heterocycles. The molecule has 0 saturated carbocycles. The van der Waals surface area contributed by atoms with Crippen molar-refractivity contribution in [3.63, 3.8) is 0 Å². The number of carbonyl (C=O) groups excluding carboxylic acids is 1. The highest BCUT2D eigenvalue weighted by molar-refractivity contribution is 5.76. The van der Waals surface area contributed by atoms with Crippen molar-refractivity contribution >= 4 is 5.91 Å². The van der Waals surface area contributed by atoms with E-state index in [1.54, 1.807) is 0 Å². The fourth-order valence-corrected chi connectivity index (χ4v) is 2.14. The fraction of sp³-hybridized carbons (Fsp3) is 0.615. The molecule has 1 aromatic heterocycles. The van der Waals surface area contributed by atoms with Gasteiger partial charge in [-0.15, -0.1) is 0 Å². The Kier molecular flexibility index (Phi) is 4.65. The van der Waals surface area contributed by atoms with Gasteiger partial charge in [-0.2, -0.15) is 0 Å². The van der Waals surface area contributed by atoms with Gasteiger partial charge in [-0.3, -0.25) is 4.79 Å². The van der Waals surface area contributed by atoms with Gasteiger partial charge in [0.15, 0.2) is 5.82 Å². The average Bonchev–Trinajstić information content (AvgIpc) is 2.42. The van der Waals surface area contributed by atoms with Crippen LogP contribution in [0.4, 0.5) is 4.39 Å². The van der Waals surface area contributed by atoms with E-state index in [-0.39, 0.29) is 18.0 Å². The number of amides is 1. The zero-order valence-electron chi connectivity index (χ0n) is 11.0. The molecule has 5 nitrogen and oxygen atoms in total. The van der Waals surface area contributed by atoms with Crippen LogP contribution in [0, 0.1) is 5.82 Å². The van der Waals surface area contributed by atoms with E-state index in [0.717, 1.165) is 38.2 Å². The van der Waals surface area contributed by atoms with Crippen LogP contribution in [-0.4, -0.2) is 40.0 Å². The van der Waals surface area contributed by atoms with Crippen LogP contribution in [0.25, 0.3) is 0 Å². The van der Waals surface area contributed by atoms with Gasteiger partial charge in [0, 0.05) is 13.0 Å². The van der Waals surface area contributed by atoms with Gasteiger partial charge in [0.1, 0.15) is 6.10 Å². The lowest BCUT2D eigenvalue weighted by atomic mass is 10.1. The fourth-order valence-electron chi connectivity index (χ4n) is 2.14. The first-order valence-corrected chi connectivity index (χ1v) is 6.61. The molecule has 2 heterocycles. The van der Waals surface area contributed by atoms with Crippen LogP contribution in [0.2, 0.25) is 0 Å². The molecule has 1 atom stereocenters. The number of rotatable bonds is 4. The van der Waals surface area contributed by atoms with Crippen LogP contribution < -0.4 is 4.74 Å². The molecule has 1 fully saturated rings. The zero-order chi connectivity index (χ0) is 13.7. The number of hydrogen-bond donors (Lipinski definition) is 0. The van der Waals surface area contributed by atoms with E-state index in [1.165, 1.54) is 0 Å². The molecular formula is C13H18FN3O2. The molecule has 2 rings (SSSR count). The Balaban J connectivity index is 1.90. The molecule has 1 amide bonds. The minimum absolute atomic E-state index is 0.111. The Morgan fingerprint density at radius 2 is 2.26 bits per heavy atom. The third kappa shape index (κ3) is 3.87. The first kappa shape index (κ1) is 13.7. The van der Waals surface area contributed by atoms with Crippen LogP contribution in [0.15, 0.2) is 12.4 Å². The second-order valence-corrected chi connectivity index (χ2v) is 4.66. The van der Waals surface area contributed by atoms with Crippen molar-refractivity contribution in [1.82, 2.24) is 14.9 Å². The molecule has 0 aliphatic carbocycles. The highest BCUT2D eigenvalue weighted by Gasteiger charge is 2.24. The van der Waals surface area contributed by atoms with Gasteiger partial charge in [-0.25, -0.2) is 14.4 Å². The van der Waals surface area contributed by atoms with E-state index in [4.69, 9.17) is 4.74 Å². The van der Waals surface area contributed by atoms with Crippen LogP contribution in [0.1, 0.15) is 32.6 Å². The molecule has 1 aliphatic rings. The van der Waals surface area contributed by atoms with E-state index in [0.29, 0.717) is 13.0 Å². The summed E-state index contributed by atoms with van der Waals surface area (Å²) in [6.07, 6.45) is 5.22. The predicted octanol–water partition coefficient (Wildman–Crippen LogP) is 1.79. The zero-order valence-corrected chi connectivity index (χ0v) is 11.0. The van der Waals surface area contributed by atoms with E-state index < -0.39 is 5.82 Å². The normalized spacial score (nSPS) is 19.3. The number of halogens is 1. The third-order valence-corrected chi connectivity index (χ3v) is 3.06. The first-order valence-electron chi connectivity index (χ1n) is 6.61. The Morgan fingerprint density at radius 3 is 2.95 bits per heavy atom. The quantitative estimate of drug-likeness (QED) is 0.834. The van der Waals surface area contributed by atoms with Crippen LogP contribution in [0.3, 0.4) is 0 Å². The Hall–Kier alpha value is -1.72. The largest absolute Gasteiger partial charge is 0.458 e. The van der Waals surface area contributed by atoms with E-state index in [2.05, 4.69) is 9.97 Å². The molecule has 1 unspecified atom stereocenters. The molecule has 0 N–H and O–H groups in total. The summed E-state index contributed by atoms with van der Waals surface area (Å²) in [5.74, 6) is -0.327. The SMILES string of the molecule is CCCC(=O)N1CCCC(Oc2ncc(F)cn2)C1. The lowest BCUT2D eigenvalue weighted by Gasteiger charge is -2.32. The molecule has 0 radical (unpaired) electrons. The summed E-state index contributed by atoms with van der Waals surface area (Å²) in [5, 5.41) is 0. The molecule has 104 valence electrons. The van der Waals surface area contributed by atoms with Gasteiger partial charge in [0.25, 0.3) is 0 Å². The number of likely N-dealkylation sites (tertiary alicyclic amines) is 1. The lowest BCUT2D eigenvalue weighted by molar-refractivity contribution is -0.133. The Bertz CT molecular complexity index is 424. The number of hydrogen-bond acceptors (Lipinski definition) is 4. The summed E-state index contributed by atoms with van der Waals surface area (Å²) in [4.78, 5) is 21.2. The molecular weight excluding hydrogens is 249 g/mol. The number of piperidine rings is 1. The molecule has 19 heavy (non-hydrogen) atoms. The van der Waals surface area contributed by atoms with Crippen molar-refractivity contribution in [1.29, 1.82) is 0 Å². The van der Waals surface area contributed by atoms with E-state index in [9.17, 15) is 9.18 Å². The second kappa shape index (κ2) is 6.45. The summed E-state index contributed by atoms with van der Waals surface area (Å²) in [6, 6.07) is 0.163. The second-order valence-electron chi connectivity index (χ2n) is 4.66. The minimum atomic E-state index is -0.490. The number of carbonyl (C=O) groups is 1. The molecule has 0 spiro atoms. The minimum Gasteiger partial charge on any atom is -0.458 e. The first-order chi connectivity index (χ1) is 9.19. The van der Waals surface area contributed by atoms with Gasteiger partial charge in [0.2, 0.25) is 5.91 Å². The summed E-state index contributed by atoms with van der Waals surface area (Å²) < 4.78 is 18.3. The summed E-state index contributed by atoms with van der Waals surface area (Å²) in [7, 11) is 0. The van der Waals surface area contributed by atoms with Gasteiger partial charge in [0.05, 0.1) is 18.9 Å². The summed E-state index contributed by atoms with van der Waals surface area (Å²) >= 11 is 0. The van der Waals surface area contributed by atoms with Crippen LogP contribution in [0.5, 0.6) is 6.01 Å². The highest BCUT2D eigenvalue weighted by atomic mass is 19.1. The Labute approximate surface area is 111 Å². The van der Waals surface area contributed by atoms with Gasteiger partial charge in [-0.05, 0) is 19.3 Å². The Morgan fingerprint density at radius 1 is 1.53 bits per heavy atom. The maximum absolute atomic E-state index is 12.7. The lowest BCUT2D eigenvalue weighted by Crippen LogP contribution is -2.44. The van der Waals surface area contributed by atoms with Crippen molar-refractivity contribution in [2.45, 2.75) is 38.7 Å². The number of ether oxygens (including phenoxy) is 1. The van der Waals surface area contributed by atoms with Crippen LogP contribution in [-0.2, 0) is 4.79 Å². The standard InChI is InChI=1S/C13H18FN3O2/c1-2-4-12(18)17-6-3-5-11(9-17)19-13-15-7-10(14)8-16-13/h7-8,11H,2-6,9H2,1H3. The molecule has 1 saturated heterocycles. The topological polar surface area (TPSA) is 55.3 Å². The summed E-state index contributed by atoms with van der Waals surface area (Å²) in [5.41, 5.74) is 0. The van der Waals surface area contributed by atoms with Crippen molar-refractivity contribution in [3.8, 4) is 6.01 Å². The van der Waals surface area contributed by atoms with E-state index >= 15 is 0 Å². The average molecular weight is 267 g/mol. The molecule has 0 aromatic carbocycles. The highest BCUT2D eigenvalue weighted by Crippen LogP contribution is 2.16. The van der Waals surface area contributed by atoms with Gasteiger partial charge < -0.3 is 9.64 Å². The third-order valence-electron chi connectivity index (χ3n) is 3.06. The summed E-state index contributed by atoms with van der Waals surface area (Å²) in [6.45, 7) is 3.32. The van der Waals surface area contributed by atoms with E-state index in [1.807, 2.05) is 11.8 Å². The number of aromatic nitrogens is 2. The molecule has 6 heteroatoms. The van der Waals surface area contributed by atoms with Crippen molar-refractivity contribution in [2.75, 3.05) is 13.1 Å². The number of nitrogens with zero attached hydrogens (tertiary/aromatic N) is 3. The maximum atomic E-state index is 12.7. The molecule has 0 bridgehead atoms. The molecule has 1 aromatic rings. The van der Waals surface area contributed by atoms with Crippen molar-refractivity contribution in [3.05, 3.63) is 18.2 Å². The monoisotopic (exact) mass is 267 g/mol. The van der Waals surface area contributed by atoms with Gasteiger partial charge >= 0.3 is 6.01 Å². The van der Waals surface area contributed by atoms with Crippen molar-refractivity contribution < 1.29 is 13.9 Å². The van der Waals surface area contributed by atoms with Crippen molar-refractivity contribution in [2.24, 2.45) is 0 Å². The maximum Gasteiger partial charge on any atom is 0.316 e. The van der Waals surface area contributed by atoms with Gasteiger partial charge in [-0.1, -0.05) is 6.92 Å². The smallest absolute Gasteiger partial charge is 0.316 e.